The molecule has 174 valence electrons. The number of benzene rings is 1. The maximum atomic E-state index is 13.4. The molecule has 1 saturated carbocycles. The van der Waals surface area contributed by atoms with Crippen molar-refractivity contribution in [2.75, 3.05) is 39.4 Å². The van der Waals surface area contributed by atoms with Crippen LogP contribution in [0.4, 0.5) is 0 Å². The van der Waals surface area contributed by atoms with Crippen molar-refractivity contribution in [3.05, 3.63) is 36.2 Å². The van der Waals surface area contributed by atoms with E-state index in [-0.39, 0.29) is 23.7 Å². The largest absolute Gasteiger partial charge is 0.379 e. The predicted octanol–water partition coefficient (Wildman–Crippen LogP) is 1.99. The number of carbonyl (C=O) groups excluding carboxylic acids is 1. The maximum Gasteiger partial charge on any atom is 0.228 e. The van der Waals surface area contributed by atoms with Crippen LogP contribution in [0.3, 0.4) is 0 Å². The average Bonchev–Trinajstić information content (AvgIpc) is 3.32. The molecule has 1 aromatic heterocycles. The molecule has 2 aliphatic heterocycles. The molecular formula is C23H33ClN6O2. The third-order valence-electron chi connectivity index (χ3n) is 7.37. The lowest BCUT2D eigenvalue weighted by Crippen LogP contribution is -2.60. The van der Waals surface area contributed by atoms with E-state index in [1.165, 1.54) is 0 Å². The second-order valence-electron chi connectivity index (χ2n) is 9.05. The summed E-state index contributed by atoms with van der Waals surface area (Å²) in [4.78, 5) is 20.6. The van der Waals surface area contributed by atoms with Crippen LogP contribution < -0.4 is 10.6 Å². The zero-order chi connectivity index (χ0) is 21.1. The third-order valence-corrected chi connectivity index (χ3v) is 7.37. The highest BCUT2D eigenvalue weighted by Gasteiger charge is 2.50. The Hall–Kier alpha value is -2.00. The monoisotopic (exact) mass is 460 g/mol. The van der Waals surface area contributed by atoms with Crippen molar-refractivity contribution in [1.29, 1.82) is 0 Å². The molecule has 1 aliphatic carbocycles. The molecule has 0 unspecified atom stereocenters. The number of rotatable bonds is 5. The Bertz CT molecular complexity index is 888. The highest BCUT2D eigenvalue weighted by molar-refractivity contribution is 5.85. The van der Waals surface area contributed by atoms with Crippen LogP contribution in [0.15, 0.2) is 30.3 Å². The lowest BCUT2D eigenvalue weighted by molar-refractivity contribution is -0.140. The number of fused-ring (bicyclic) bond motifs is 1. The first kappa shape index (κ1) is 23.2. The summed E-state index contributed by atoms with van der Waals surface area (Å²) in [6.45, 7) is 5.84. The molecule has 2 aromatic rings. The molecule has 3 atom stereocenters. The molecule has 3 N–H and O–H groups in total. The third kappa shape index (κ3) is 4.69. The van der Waals surface area contributed by atoms with Gasteiger partial charge in [0.05, 0.1) is 25.2 Å². The maximum absolute atomic E-state index is 13.4. The number of morpholine rings is 1. The molecule has 32 heavy (non-hydrogen) atoms. The molecule has 2 saturated heterocycles. The summed E-state index contributed by atoms with van der Waals surface area (Å²) in [6, 6.07) is 10.5. The highest BCUT2D eigenvalue weighted by atomic mass is 35.5. The van der Waals surface area contributed by atoms with Crippen LogP contribution in [0.1, 0.15) is 31.5 Å². The van der Waals surface area contributed by atoms with E-state index in [4.69, 9.17) is 4.74 Å². The van der Waals surface area contributed by atoms with Crippen molar-refractivity contribution < 1.29 is 9.53 Å². The fourth-order valence-corrected chi connectivity index (χ4v) is 5.60. The summed E-state index contributed by atoms with van der Waals surface area (Å²) in [7, 11) is 0. The number of amides is 1. The molecule has 8 nitrogen and oxygen atoms in total. The number of halogens is 1. The number of piperidine rings is 1. The van der Waals surface area contributed by atoms with Gasteiger partial charge in [0.2, 0.25) is 5.91 Å². The second kappa shape index (κ2) is 10.3. The lowest BCUT2D eigenvalue weighted by atomic mass is 9.61. The molecule has 0 bridgehead atoms. The van der Waals surface area contributed by atoms with Gasteiger partial charge in [-0.2, -0.15) is 5.10 Å². The molecule has 1 amide bonds. The van der Waals surface area contributed by atoms with Gasteiger partial charge in [0, 0.05) is 31.2 Å². The number of ether oxygens (including phenoxy) is 1. The van der Waals surface area contributed by atoms with Gasteiger partial charge in [0.15, 0.2) is 5.82 Å². The zero-order valence-electron chi connectivity index (χ0n) is 18.4. The zero-order valence-corrected chi connectivity index (χ0v) is 19.2. The van der Waals surface area contributed by atoms with Crippen molar-refractivity contribution in [2.24, 2.45) is 11.3 Å². The number of carbonyl (C=O) groups is 1. The number of nitrogens with zero attached hydrogens (tertiary/aromatic N) is 3. The van der Waals surface area contributed by atoms with Gasteiger partial charge in [-0.1, -0.05) is 30.3 Å². The molecule has 3 fully saturated rings. The van der Waals surface area contributed by atoms with E-state index in [0.717, 1.165) is 70.6 Å². The van der Waals surface area contributed by atoms with Crippen LogP contribution in [0.5, 0.6) is 0 Å². The Kier molecular flexibility index (Phi) is 7.45. The Morgan fingerprint density at radius 3 is 2.84 bits per heavy atom. The van der Waals surface area contributed by atoms with Crippen molar-refractivity contribution in [3.8, 4) is 11.4 Å². The molecule has 1 aromatic carbocycles. The number of hydrogen-bond acceptors (Lipinski definition) is 6. The normalized spacial score (nSPS) is 28.4. The van der Waals surface area contributed by atoms with Crippen LogP contribution in [0.2, 0.25) is 0 Å². The van der Waals surface area contributed by atoms with E-state index < -0.39 is 0 Å². The second-order valence-corrected chi connectivity index (χ2v) is 9.05. The molecule has 0 radical (unpaired) electrons. The fraction of sp³-hybridized carbons (Fsp3) is 0.609. The van der Waals surface area contributed by atoms with E-state index in [1.807, 2.05) is 30.3 Å². The van der Waals surface area contributed by atoms with Crippen LogP contribution in [0.25, 0.3) is 11.4 Å². The predicted molar refractivity (Wildman–Crippen MR) is 124 cm³/mol. The summed E-state index contributed by atoms with van der Waals surface area (Å²) in [6.07, 6.45) is 4.18. The van der Waals surface area contributed by atoms with Crippen molar-refractivity contribution in [1.82, 2.24) is 30.7 Å². The molecule has 9 heteroatoms. The number of H-pyrrole nitrogens is 1. The Labute approximate surface area is 195 Å². The smallest absolute Gasteiger partial charge is 0.228 e. The SMILES string of the molecule is Cl.O=C(NCc1nc(-c2ccccc2)n[nH]1)[C@@]12CC[C@@H](N3CCOCC3)C[C@H]1CCNC2. The number of aromatic amines is 1. The molecule has 3 aliphatic rings. The van der Waals surface area contributed by atoms with E-state index in [0.29, 0.717) is 30.2 Å². The summed E-state index contributed by atoms with van der Waals surface area (Å²) < 4.78 is 5.53. The molecule has 5 rings (SSSR count). The van der Waals surface area contributed by atoms with Crippen LogP contribution in [0, 0.1) is 11.3 Å². The van der Waals surface area contributed by atoms with Crippen LogP contribution in [-0.2, 0) is 16.1 Å². The van der Waals surface area contributed by atoms with Crippen molar-refractivity contribution in [3.63, 3.8) is 0 Å². The standard InChI is InChI=1S/C23H32N6O2.ClH/c30-22(25-15-20-26-21(28-27-20)17-4-2-1-3-5-17)23-8-6-19(29-10-12-31-13-11-29)14-18(23)7-9-24-16-23;/h1-5,18-19,24H,6-16H2,(H,25,30)(H,26,27,28);1H/t18-,19-,23-;/m1./s1. The molecule has 0 spiro atoms. The van der Waals surface area contributed by atoms with Crippen molar-refractivity contribution >= 4 is 18.3 Å². The van der Waals surface area contributed by atoms with Crippen LogP contribution in [-0.4, -0.2) is 71.4 Å². The van der Waals surface area contributed by atoms with E-state index >= 15 is 0 Å². The van der Waals surface area contributed by atoms with Gasteiger partial charge in [-0.3, -0.25) is 14.8 Å². The minimum Gasteiger partial charge on any atom is -0.379 e. The van der Waals surface area contributed by atoms with Gasteiger partial charge < -0.3 is 15.4 Å². The fourth-order valence-electron chi connectivity index (χ4n) is 5.60. The van der Waals surface area contributed by atoms with E-state index in [9.17, 15) is 4.79 Å². The molecular weight excluding hydrogens is 428 g/mol. The topological polar surface area (TPSA) is 95.2 Å². The van der Waals surface area contributed by atoms with Gasteiger partial charge in [0.1, 0.15) is 5.82 Å². The van der Waals surface area contributed by atoms with Crippen LogP contribution >= 0.6 is 12.4 Å². The summed E-state index contributed by atoms with van der Waals surface area (Å²) in [5.41, 5.74) is 0.649. The quantitative estimate of drug-likeness (QED) is 0.631. The summed E-state index contributed by atoms with van der Waals surface area (Å²) in [5.74, 6) is 1.92. The Balaban J connectivity index is 0.00000245. The first-order valence-corrected chi connectivity index (χ1v) is 11.5. The molecule has 3 heterocycles. The van der Waals surface area contributed by atoms with Gasteiger partial charge in [-0.05, 0) is 38.1 Å². The Morgan fingerprint density at radius 1 is 1.22 bits per heavy atom. The first-order valence-electron chi connectivity index (χ1n) is 11.5. The average molecular weight is 461 g/mol. The lowest BCUT2D eigenvalue weighted by Gasteiger charge is -2.50. The minimum absolute atomic E-state index is 0. The van der Waals surface area contributed by atoms with Gasteiger partial charge >= 0.3 is 0 Å². The number of hydrogen-bond donors (Lipinski definition) is 3. The Morgan fingerprint density at radius 2 is 2.03 bits per heavy atom. The summed E-state index contributed by atoms with van der Waals surface area (Å²) in [5, 5.41) is 13.9. The summed E-state index contributed by atoms with van der Waals surface area (Å²) >= 11 is 0. The number of nitrogens with one attached hydrogen (secondary N) is 3. The van der Waals surface area contributed by atoms with E-state index in [1.54, 1.807) is 0 Å². The minimum atomic E-state index is -0.316. The first-order chi connectivity index (χ1) is 15.2. The highest BCUT2D eigenvalue weighted by Crippen LogP contribution is 2.46. The number of aromatic nitrogens is 3. The van der Waals surface area contributed by atoms with Gasteiger partial charge in [-0.15, -0.1) is 12.4 Å². The van der Waals surface area contributed by atoms with Crippen molar-refractivity contribution in [2.45, 2.75) is 38.3 Å². The van der Waals surface area contributed by atoms with E-state index in [2.05, 4.69) is 30.7 Å². The van der Waals surface area contributed by atoms with Gasteiger partial charge in [0.25, 0.3) is 0 Å². The van der Waals surface area contributed by atoms with Gasteiger partial charge in [-0.25, -0.2) is 4.98 Å².